The zero-order valence-electron chi connectivity index (χ0n) is 21.1. The van der Waals surface area contributed by atoms with Gasteiger partial charge in [0.15, 0.2) is 11.6 Å². The van der Waals surface area contributed by atoms with Crippen molar-refractivity contribution >= 4 is 29.4 Å². The minimum absolute atomic E-state index is 0.210. The van der Waals surface area contributed by atoms with E-state index in [-0.39, 0.29) is 5.91 Å². The molecule has 1 aliphatic heterocycles. The summed E-state index contributed by atoms with van der Waals surface area (Å²) >= 11 is 1.33. The first-order valence-corrected chi connectivity index (χ1v) is 13.1. The van der Waals surface area contributed by atoms with Gasteiger partial charge in [-0.15, -0.1) is 0 Å². The Morgan fingerprint density at radius 2 is 1.92 bits per heavy atom. The van der Waals surface area contributed by atoms with Gasteiger partial charge in [0.25, 0.3) is 5.91 Å². The monoisotopic (exact) mass is 508 g/mol. The minimum Gasteiger partial charge on any atom is -0.495 e. The normalized spacial score (nSPS) is 18.4. The number of hydrogen-bond acceptors (Lipinski definition) is 8. The lowest BCUT2D eigenvalue weighted by atomic mass is 10.0. The summed E-state index contributed by atoms with van der Waals surface area (Å²) in [6, 6.07) is 11.9. The Morgan fingerprint density at radius 3 is 2.50 bits per heavy atom. The molecule has 2 aromatic carbocycles. The SMILES string of the molecule is CNC(=O)c1cc(OC)c(SNc2noc(-c3cccc(N4CCC4)c3)c2CC2CC2C)c(OC)c1. The predicted molar refractivity (Wildman–Crippen MR) is 142 cm³/mol. The van der Waals surface area contributed by atoms with E-state index in [2.05, 4.69) is 51.3 Å². The fourth-order valence-electron chi connectivity index (χ4n) is 4.52. The topological polar surface area (TPSA) is 88.9 Å². The largest absolute Gasteiger partial charge is 0.495 e. The molecule has 0 spiro atoms. The van der Waals surface area contributed by atoms with E-state index in [4.69, 9.17) is 14.0 Å². The van der Waals surface area contributed by atoms with Crippen LogP contribution in [0.5, 0.6) is 11.5 Å². The van der Waals surface area contributed by atoms with Crippen LogP contribution in [-0.2, 0) is 6.42 Å². The van der Waals surface area contributed by atoms with Gasteiger partial charge in [0, 0.05) is 42.5 Å². The van der Waals surface area contributed by atoms with Gasteiger partial charge in [-0.1, -0.05) is 24.2 Å². The van der Waals surface area contributed by atoms with Crippen LogP contribution in [0, 0.1) is 11.8 Å². The third-order valence-electron chi connectivity index (χ3n) is 7.06. The molecule has 0 radical (unpaired) electrons. The number of benzene rings is 2. The molecule has 3 aromatic rings. The van der Waals surface area contributed by atoms with Crippen LogP contribution in [0.1, 0.15) is 35.7 Å². The van der Waals surface area contributed by atoms with Crippen LogP contribution < -0.4 is 24.4 Å². The first kappa shape index (κ1) is 24.4. The van der Waals surface area contributed by atoms with Crippen molar-refractivity contribution in [3.05, 3.63) is 47.5 Å². The van der Waals surface area contributed by atoms with Gasteiger partial charge in [0.05, 0.1) is 14.2 Å². The number of amides is 1. The maximum atomic E-state index is 12.2. The zero-order valence-corrected chi connectivity index (χ0v) is 21.9. The first-order chi connectivity index (χ1) is 17.5. The third kappa shape index (κ3) is 4.84. The van der Waals surface area contributed by atoms with Gasteiger partial charge in [0.1, 0.15) is 16.4 Å². The molecular weight excluding hydrogens is 476 g/mol. The molecule has 9 heteroatoms. The smallest absolute Gasteiger partial charge is 0.251 e. The highest BCUT2D eigenvalue weighted by atomic mass is 32.2. The van der Waals surface area contributed by atoms with Crippen LogP contribution in [0.15, 0.2) is 45.8 Å². The molecule has 1 saturated heterocycles. The van der Waals surface area contributed by atoms with E-state index >= 15 is 0 Å². The number of ether oxygens (including phenoxy) is 2. The second-order valence-electron chi connectivity index (χ2n) is 9.40. The van der Waals surface area contributed by atoms with Crippen molar-refractivity contribution in [2.24, 2.45) is 11.8 Å². The van der Waals surface area contributed by atoms with E-state index < -0.39 is 0 Å². The number of nitrogens with one attached hydrogen (secondary N) is 2. The molecule has 8 nitrogen and oxygen atoms in total. The Labute approximate surface area is 215 Å². The number of carbonyl (C=O) groups excluding carboxylic acids is 1. The molecule has 1 aliphatic carbocycles. The maximum Gasteiger partial charge on any atom is 0.251 e. The highest BCUT2D eigenvalue weighted by Crippen LogP contribution is 2.45. The van der Waals surface area contributed by atoms with E-state index in [0.29, 0.717) is 34.7 Å². The maximum absolute atomic E-state index is 12.2. The molecule has 2 heterocycles. The van der Waals surface area contributed by atoms with Gasteiger partial charge in [-0.2, -0.15) is 0 Å². The lowest BCUT2D eigenvalue weighted by molar-refractivity contribution is 0.0962. The number of nitrogens with zero attached hydrogens (tertiary/aromatic N) is 2. The minimum atomic E-state index is -0.210. The van der Waals surface area contributed by atoms with Gasteiger partial charge in [-0.05, 0) is 67.3 Å². The number of aromatic nitrogens is 1. The lowest BCUT2D eigenvalue weighted by Gasteiger charge is -2.33. The van der Waals surface area contributed by atoms with E-state index in [0.717, 1.165) is 41.3 Å². The van der Waals surface area contributed by atoms with E-state index in [1.165, 1.54) is 30.5 Å². The molecule has 2 atom stereocenters. The van der Waals surface area contributed by atoms with Crippen molar-refractivity contribution in [1.82, 2.24) is 10.5 Å². The zero-order chi connectivity index (χ0) is 25.2. The Balaban J connectivity index is 1.44. The van der Waals surface area contributed by atoms with Crippen molar-refractivity contribution in [1.29, 1.82) is 0 Å². The number of anilines is 2. The van der Waals surface area contributed by atoms with Crippen molar-refractivity contribution in [2.75, 3.05) is 44.0 Å². The summed E-state index contributed by atoms with van der Waals surface area (Å²) in [6.07, 6.45) is 3.36. The highest BCUT2D eigenvalue weighted by molar-refractivity contribution is 8.00. The molecule has 0 bridgehead atoms. The van der Waals surface area contributed by atoms with Crippen LogP contribution in [0.25, 0.3) is 11.3 Å². The third-order valence-corrected chi connectivity index (χ3v) is 7.96. The summed E-state index contributed by atoms with van der Waals surface area (Å²) in [5.41, 5.74) is 3.80. The highest BCUT2D eigenvalue weighted by Gasteiger charge is 2.35. The molecule has 36 heavy (non-hydrogen) atoms. The summed E-state index contributed by atoms with van der Waals surface area (Å²) in [5, 5.41) is 7.06. The number of rotatable bonds is 10. The number of carbonyl (C=O) groups is 1. The van der Waals surface area contributed by atoms with Crippen LogP contribution in [0.3, 0.4) is 0 Å². The quantitative estimate of drug-likeness (QED) is 0.359. The molecule has 2 unspecified atom stereocenters. The van der Waals surface area contributed by atoms with E-state index in [1.807, 2.05) is 0 Å². The average molecular weight is 509 g/mol. The molecule has 1 amide bonds. The summed E-state index contributed by atoms with van der Waals surface area (Å²) in [7, 11) is 4.74. The molecule has 2 fully saturated rings. The summed E-state index contributed by atoms with van der Waals surface area (Å²) in [6.45, 7) is 4.48. The fraction of sp³-hybridized carbons (Fsp3) is 0.407. The molecule has 5 rings (SSSR count). The first-order valence-electron chi connectivity index (χ1n) is 12.3. The second-order valence-corrected chi connectivity index (χ2v) is 10.2. The second kappa shape index (κ2) is 10.3. The fourth-order valence-corrected chi connectivity index (χ4v) is 5.37. The van der Waals surface area contributed by atoms with Crippen LogP contribution in [-0.4, -0.2) is 45.4 Å². The van der Waals surface area contributed by atoms with Crippen LogP contribution in [0.4, 0.5) is 11.5 Å². The molecule has 2 N–H and O–H groups in total. The van der Waals surface area contributed by atoms with Gasteiger partial charge in [-0.3, -0.25) is 4.79 Å². The number of hydrogen-bond donors (Lipinski definition) is 2. The summed E-state index contributed by atoms with van der Waals surface area (Å²) in [4.78, 5) is 15.3. The molecule has 2 aliphatic rings. The van der Waals surface area contributed by atoms with Crippen molar-refractivity contribution in [3.8, 4) is 22.8 Å². The van der Waals surface area contributed by atoms with E-state index in [1.54, 1.807) is 33.4 Å². The van der Waals surface area contributed by atoms with Gasteiger partial charge in [0.2, 0.25) is 0 Å². The predicted octanol–water partition coefficient (Wildman–Crippen LogP) is 5.25. The van der Waals surface area contributed by atoms with Gasteiger partial charge in [-0.25, -0.2) is 0 Å². The average Bonchev–Trinajstić information content (AvgIpc) is 3.42. The standard InChI is InChI=1S/C27H32N4O4S/c1-16-11-18(16)13-21-24(17-7-5-8-20(12-17)31-9-6-10-31)35-29-26(21)30-36-25-22(33-3)14-19(27(32)28-2)15-23(25)34-4/h5,7-8,12,14-16,18H,6,9-11,13H2,1-4H3,(H,28,32)(H,29,30). The Hall–Kier alpha value is -3.33. The van der Waals surface area contributed by atoms with Gasteiger partial charge >= 0.3 is 0 Å². The lowest BCUT2D eigenvalue weighted by Crippen LogP contribution is -2.36. The van der Waals surface area contributed by atoms with Crippen molar-refractivity contribution in [2.45, 2.75) is 31.1 Å². The Bertz CT molecular complexity index is 1230. The molecule has 1 aromatic heterocycles. The van der Waals surface area contributed by atoms with Crippen molar-refractivity contribution < 1.29 is 18.8 Å². The molecular formula is C27H32N4O4S. The van der Waals surface area contributed by atoms with Crippen LogP contribution in [0.2, 0.25) is 0 Å². The Morgan fingerprint density at radius 1 is 1.19 bits per heavy atom. The van der Waals surface area contributed by atoms with Crippen LogP contribution >= 0.6 is 11.9 Å². The van der Waals surface area contributed by atoms with Crippen molar-refractivity contribution in [3.63, 3.8) is 0 Å². The number of methoxy groups -OCH3 is 2. The summed E-state index contributed by atoms with van der Waals surface area (Å²) in [5.74, 6) is 3.71. The molecule has 190 valence electrons. The summed E-state index contributed by atoms with van der Waals surface area (Å²) < 4.78 is 20.5. The Kier molecular flexibility index (Phi) is 7.00. The van der Waals surface area contributed by atoms with E-state index in [9.17, 15) is 4.79 Å². The van der Waals surface area contributed by atoms with Gasteiger partial charge < -0.3 is 28.9 Å². The molecule has 1 saturated carbocycles.